The Morgan fingerprint density at radius 2 is 1.62 bits per heavy atom. The fourth-order valence-electron chi connectivity index (χ4n) is 1.37. The first-order chi connectivity index (χ1) is 9.34. The van der Waals surface area contributed by atoms with E-state index in [1.807, 2.05) is 0 Å². The van der Waals surface area contributed by atoms with E-state index in [0.717, 1.165) is 0 Å². The lowest BCUT2D eigenvalue weighted by molar-refractivity contribution is -0.102. The fourth-order valence-corrected chi connectivity index (χ4v) is 4.46. The molecule has 1 aliphatic heterocycles. The van der Waals surface area contributed by atoms with E-state index in [1.54, 1.807) is 0 Å². The normalized spacial score (nSPS) is 32.6. The zero-order valence-electron chi connectivity index (χ0n) is 10.0. The first-order valence-electron chi connectivity index (χ1n) is 5.10. The van der Waals surface area contributed by atoms with Crippen molar-refractivity contribution in [2.45, 2.75) is 24.9 Å². The molecule has 1 aliphatic rings. The zero-order chi connectivity index (χ0) is 16.5. The lowest BCUT2D eigenvalue weighted by atomic mass is 10.2. The summed E-state index contributed by atoms with van der Waals surface area (Å²) < 4.78 is 48.8. The second-order valence-corrected chi connectivity index (χ2v) is 8.16. The minimum Gasteiger partial charge on any atom is -0.394 e. The lowest BCUT2D eigenvalue weighted by Crippen LogP contribution is -2.24. The van der Waals surface area contributed by atoms with Crippen molar-refractivity contribution in [3.8, 4) is 0 Å². The predicted octanol–water partition coefficient (Wildman–Crippen LogP) is -1.20. The van der Waals surface area contributed by atoms with Crippen LogP contribution in [0, 0.1) is 0 Å². The van der Waals surface area contributed by atoms with E-state index in [0.29, 0.717) is 0 Å². The molecule has 21 heavy (non-hydrogen) atoms. The Morgan fingerprint density at radius 1 is 1.05 bits per heavy atom. The van der Waals surface area contributed by atoms with Gasteiger partial charge in [-0.05, 0) is 0 Å². The molecule has 3 unspecified atom stereocenters. The van der Waals surface area contributed by atoms with Gasteiger partial charge in [0, 0.05) is 6.42 Å². The van der Waals surface area contributed by atoms with Crippen molar-refractivity contribution in [2.24, 2.45) is 0 Å². The first-order valence-corrected chi connectivity index (χ1v) is 9.62. The summed E-state index contributed by atoms with van der Waals surface area (Å²) in [5.74, 6) is 0. The van der Waals surface area contributed by atoms with Gasteiger partial charge in [0.1, 0.15) is 6.10 Å². The van der Waals surface area contributed by atoms with Crippen molar-refractivity contribution in [2.75, 3.05) is 6.61 Å². The third-order valence-electron chi connectivity index (χ3n) is 2.04. The summed E-state index contributed by atoms with van der Waals surface area (Å²) in [6, 6.07) is 0. The maximum atomic E-state index is 11.4. The molecular weight excluding hydrogens is 361 g/mol. The van der Waals surface area contributed by atoms with E-state index in [9.17, 15) is 23.7 Å². The number of aliphatic hydroxyl groups excluding tert-OH is 2. The average Bonchev–Trinajstić information content (AvgIpc) is 2.51. The average molecular weight is 374 g/mol. The Hall–Kier alpha value is 0.290. The van der Waals surface area contributed by atoms with Crippen molar-refractivity contribution in [1.82, 2.24) is 0 Å². The highest BCUT2D eigenvalue weighted by Gasteiger charge is 2.44. The minimum atomic E-state index is -5.60. The van der Waals surface area contributed by atoms with Crippen molar-refractivity contribution in [3.63, 3.8) is 0 Å². The molecule has 5 atom stereocenters. The van der Waals surface area contributed by atoms with E-state index in [-0.39, 0.29) is 6.42 Å². The highest BCUT2D eigenvalue weighted by Crippen LogP contribution is 2.66. The molecule has 0 bridgehead atoms. The van der Waals surface area contributed by atoms with Crippen LogP contribution in [0.4, 0.5) is 0 Å². The van der Waals surface area contributed by atoms with E-state index < -0.39 is 48.6 Å². The molecule has 13 nitrogen and oxygen atoms in total. The second-order valence-electron chi connectivity index (χ2n) is 3.79. The topological polar surface area (TPSA) is 210 Å². The van der Waals surface area contributed by atoms with Gasteiger partial charge in [-0.2, -0.15) is 8.62 Å². The summed E-state index contributed by atoms with van der Waals surface area (Å²) in [5, 5.41) is 18.1. The van der Waals surface area contributed by atoms with Crippen molar-refractivity contribution in [3.05, 3.63) is 0 Å². The number of hydrogen-bond donors (Lipinski definition) is 6. The molecule has 1 fully saturated rings. The van der Waals surface area contributed by atoms with E-state index in [4.69, 9.17) is 24.5 Å². The molecule has 0 aliphatic carbocycles. The summed E-state index contributed by atoms with van der Waals surface area (Å²) in [4.78, 5) is 34.7. The van der Waals surface area contributed by atoms with Crippen LogP contribution in [0.1, 0.15) is 6.42 Å². The largest absolute Gasteiger partial charge is 0.490 e. The van der Waals surface area contributed by atoms with E-state index in [2.05, 4.69) is 13.1 Å². The van der Waals surface area contributed by atoms with Crippen molar-refractivity contribution in [1.29, 1.82) is 0 Å². The van der Waals surface area contributed by atoms with Crippen LogP contribution in [-0.2, 0) is 31.6 Å². The van der Waals surface area contributed by atoms with Gasteiger partial charge in [0.05, 0.1) is 12.7 Å². The van der Waals surface area contributed by atoms with Gasteiger partial charge in [-0.15, -0.1) is 0 Å². The first kappa shape index (κ1) is 19.3. The van der Waals surface area contributed by atoms with Crippen LogP contribution in [0.2, 0.25) is 0 Å². The van der Waals surface area contributed by atoms with Gasteiger partial charge in [-0.25, -0.2) is 13.7 Å². The SMILES string of the molecule is O=P(O)(O)OP(=O)(O)OP(=O)(O)OC1C[C@H](O)[C@@H](CO)O1. The molecule has 1 rings (SSSR count). The number of phosphoric ester groups is 1. The molecule has 0 aromatic rings. The number of aliphatic hydroxyl groups is 2. The lowest BCUT2D eigenvalue weighted by Gasteiger charge is -2.18. The third-order valence-corrected chi connectivity index (χ3v) is 5.87. The van der Waals surface area contributed by atoms with Crippen LogP contribution in [0.5, 0.6) is 0 Å². The fraction of sp³-hybridized carbons (Fsp3) is 1.00. The molecule has 0 spiro atoms. The number of phosphoric acid groups is 3. The summed E-state index contributed by atoms with van der Waals surface area (Å²) in [5.41, 5.74) is 0. The molecule has 6 N–H and O–H groups in total. The highest BCUT2D eigenvalue weighted by atomic mass is 31.3. The molecule has 0 aromatic heterocycles. The smallest absolute Gasteiger partial charge is 0.394 e. The van der Waals surface area contributed by atoms with Crippen molar-refractivity contribution < 1.29 is 61.4 Å². The van der Waals surface area contributed by atoms with Gasteiger partial charge in [0.2, 0.25) is 0 Å². The van der Waals surface area contributed by atoms with E-state index >= 15 is 0 Å². The van der Waals surface area contributed by atoms with Crippen LogP contribution in [0.25, 0.3) is 0 Å². The van der Waals surface area contributed by atoms with Crippen LogP contribution in [-0.4, -0.2) is 54.9 Å². The number of hydrogen-bond acceptors (Lipinski definition) is 9. The molecule has 0 amide bonds. The van der Waals surface area contributed by atoms with Crippen LogP contribution < -0.4 is 0 Å². The second kappa shape index (κ2) is 6.81. The summed E-state index contributed by atoms with van der Waals surface area (Å²) in [6.45, 7) is -0.614. The van der Waals surface area contributed by atoms with Crippen molar-refractivity contribution >= 4 is 23.5 Å². The minimum absolute atomic E-state index is 0.353. The number of rotatable bonds is 7. The Labute approximate surface area is 117 Å². The van der Waals surface area contributed by atoms with Gasteiger partial charge in [-0.1, -0.05) is 0 Å². The monoisotopic (exact) mass is 374 g/mol. The Balaban J connectivity index is 2.64. The molecule has 126 valence electrons. The maximum Gasteiger partial charge on any atom is 0.490 e. The van der Waals surface area contributed by atoms with Crippen LogP contribution in [0.15, 0.2) is 0 Å². The molecule has 0 aromatic carbocycles. The standard InChI is InChI=1S/C5H13O13P3/c6-2-4-3(7)1-5(15-4)16-20(11,12)18-21(13,14)17-19(8,9)10/h3-7H,1-2H2,(H,11,12)(H,13,14)(H2,8,9,10)/t3-,4+,5?/m0/s1. The Kier molecular flexibility index (Phi) is 6.27. The highest BCUT2D eigenvalue weighted by molar-refractivity contribution is 7.66. The predicted molar refractivity (Wildman–Crippen MR) is 61.3 cm³/mol. The Bertz CT molecular complexity index is 498. The van der Waals surface area contributed by atoms with Gasteiger partial charge < -0.3 is 34.5 Å². The summed E-state index contributed by atoms with van der Waals surface area (Å²) in [6.07, 6.45) is -4.22. The maximum absolute atomic E-state index is 11.4. The van der Waals surface area contributed by atoms with Gasteiger partial charge in [-0.3, -0.25) is 4.52 Å². The van der Waals surface area contributed by atoms with Crippen LogP contribution in [0.3, 0.4) is 0 Å². The zero-order valence-corrected chi connectivity index (χ0v) is 12.7. The molecule has 1 saturated heterocycles. The molecule has 16 heteroatoms. The van der Waals surface area contributed by atoms with Gasteiger partial charge >= 0.3 is 23.5 Å². The quantitative estimate of drug-likeness (QED) is 0.289. The molecular formula is C5H13O13P3. The van der Waals surface area contributed by atoms with Crippen LogP contribution >= 0.6 is 23.5 Å². The number of ether oxygens (including phenoxy) is 1. The van der Waals surface area contributed by atoms with Gasteiger partial charge in [0.15, 0.2) is 6.29 Å². The van der Waals surface area contributed by atoms with Gasteiger partial charge in [0.25, 0.3) is 0 Å². The molecule has 0 saturated carbocycles. The Morgan fingerprint density at radius 3 is 2.05 bits per heavy atom. The summed E-state index contributed by atoms with van der Waals surface area (Å²) in [7, 11) is -16.4. The van der Waals surface area contributed by atoms with E-state index in [1.165, 1.54) is 0 Å². The molecule has 1 heterocycles. The third kappa shape index (κ3) is 6.93. The summed E-state index contributed by atoms with van der Waals surface area (Å²) >= 11 is 0. The molecule has 0 radical (unpaired) electrons.